The maximum atomic E-state index is 11.2. The molecule has 1 aliphatic rings. The molecular formula is C11H22N2O. The highest BCUT2D eigenvalue weighted by Gasteiger charge is 2.41. The molecule has 0 aromatic carbocycles. The molecule has 1 aliphatic heterocycles. The molecule has 1 fully saturated rings. The Morgan fingerprint density at radius 1 is 1.57 bits per heavy atom. The Balaban J connectivity index is 2.48. The van der Waals surface area contributed by atoms with Gasteiger partial charge >= 0.3 is 0 Å². The number of rotatable bonds is 5. The number of hydrogen-bond donors (Lipinski definition) is 2. The fourth-order valence-corrected chi connectivity index (χ4v) is 2.36. The largest absolute Gasteiger partial charge is 0.369 e. The predicted octanol–water partition coefficient (Wildman–Crippen LogP) is 1.28. The average Bonchev–Trinajstić information content (AvgIpc) is 2.48. The van der Waals surface area contributed by atoms with Gasteiger partial charge in [0.1, 0.15) is 0 Å². The van der Waals surface area contributed by atoms with E-state index in [-0.39, 0.29) is 17.2 Å². The van der Waals surface area contributed by atoms with Gasteiger partial charge < -0.3 is 11.1 Å². The van der Waals surface area contributed by atoms with E-state index in [4.69, 9.17) is 5.73 Å². The summed E-state index contributed by atoms with van der Waals surface area (Å²) in [6, 6.07) is 0. The molecule has 3 N–H and O–H groups in total. The first-order chi connectivity index (χ1) is 6.60. The van der Waals surface area contributed by atoms with Gasteiger partial charge in [-0.1, -0.05) is 33.1 Å². The van der Waals surface area contributed by atoms with Gasteiger partial charge in [0, 0.05) is 13.1 Å². The maximum absolute atomic E-state index is 11.2. The van der Waals surface area contributed by atoms with E-state index in [1.165, 1.54) is 19.3 Å². The van der Waals surface area contributed by atoms with Crippen LogP contribution in [0.25, 0.3) is 0 Å². The Morgan fingerprint density at radius 2 is 2.29 bits per heavy atom. The molecular weight excluding hydrogens is 176 g/mol. The quantitative estimate of drug-likeness (QED) is 0.654. The van der Waals surface area contributed by atoms with Crippen LogP contribution in [0.2, 0.25) is 0 Å². The summed E-state index contributed by atoms with van der Waals surface area (Å²) in [5, 5.41) is 3.27. The Bertz CT molecular complexity index is 205. The first-order valence-electron chi connectivity index (χ1n) is 5.60. The zero-order valence-electron chi connectivity index (χ0n) is 9.31. The van der Waals surface area contributed by atoms with Crippen molar-refractivity contribution in [2.45, 2.75) is 39.5 Å². The zero-order chi connectivity index (χ0) is 10.6. The third kappa shape index (κ3) is 2.47. The second kappa shape index (κ2) is 4.78. The predicted molar refractivity (Wildman–Crippen MR) is 57.8 cm³/mol. The SMILES string of the molecule is CCCCCC1(C)CNCC1C(N)=O. The minimum Gasteiger partial charge on any atom is -0.369 e. The molecule has 2 unspecified atom stereocenters. The van der Waals surface area contributed by atoms with E-state index in [1.54, 1.807) is 0 Å². The van der Waals surface area contributed by atoms with Gasteiger partial charge in [-0.2, -0.15) is 0 Å². The fourth-order valence-electron chi connectivity index (χ4n) is 2.36. The first-order valence-corrected chi connectivity index (χ1v) is 5.60. The van der Waals surface area contributed by atoms with E-state index in [2.05, 4.69) is 19.2 Å². The van der Waals surface area contributed by atoms with Crippen molar-refractivity contribution in [3.05, 3.63) is 0 Å². The minimum absolute atomic E-state index is 0.0272. The molecule has 14 heavy (non-hydrogen) atoms. The Kier molecular flexibility index (Phi) is 3.93. The van der Waals surface area contributed by atoms with E-state index in [1.807, 2.05) is 0 Å². The molecule has 2 atom stereocenters. The topological polar surface area (TPSA) is 55.1 Å². The van der Waals surface area contributed by atoms with Crippen LogP contribution in [0.15, 0.2) is 0 Å². The van der Waals surface area contributed by atoms with Crippen molar-refractivity contribution >= 4 is 5.91 Å². The van der Waals surface area contributed by atoms with E-state index in [0.29, 0.717) is 0 Å². The zero-order valence-corrected chi connectivity index (χ0v) is 9.31. The van der Waals surface area contributed by atoms with Crippen LogP contribution in [0.5, 0.6) is 0 Å². The monoisotopic (exact) mass is 198 g/mol. The fraction of sp³-hybridized carbons (Fsp3) is 0.909. The molecule has 0 aromatic rings. The van der Waals surface area contributed by atoms with Crippen molar-refractivity contribution in [1.82, 2.24) is 5.32 Å². The summed E-state index contributed by atoms with van der Waals surface area (Å²) in [7, 11) is 0. The second-order valence-corrected chi connectivity index (χ2v) is 4.70. The van der Waals surface area contributed by atoms with Crippen molar-refractivity contribution in [2.75, 3.05) is 13.1 Å². The number of amides is 1. The molecule has 82 valence electrons. The molecule has 1 heterocycles. The van der Waals surface area contributed by atoms with Crippen molar-refractivity contribution in [1.29, 1.82) is 0 Å². The third-order valence-corrected chi connectivity index (χ3v) is 3.41. The lowest BCUT2D eigenvalue weighted by atomic mass is 9.75. The van der Waals surface area contributed by atoms with Crippen LogP contribution in [-0.2, 0) is 4.79 Å². The van der Waals surface area contributed by atoms with Crippen LogP contribution in [0.1, 0.15) is 39.5 Å². The van der Waals surface area contributed by atoms with Gasteiger partial charge in [0.2, 0.25) is 5.91 Å². The third-order valence-electron chi connectivity index (χ3n) is 3.41. The molecule has 3 heteroatoms. The molecule has 0 radical (unpaired) electrons. The highest BCUT2D eigenvalue weighted by Crippen LogP contribution is 2.36. The van der Waals surface area contributed by atoms with Crippen molar-refractivity contribution in [2.24, 2.45) is 17.1 Å². The second-order valence-electron chi connectivity index (χ2n) is 4.70. The van der Waals surface area contributed by atoms with Gasteiger partial charge in [0.05, 0.1) is 5.92 Å². The van der Waals surface area contributed by atoms with Gasteiger partial charge in [-0.25, -0.2) is 0 Å². The molecule has 0 spiro atoms. The minimum atomic E-state index is -0.144. The summed E-state index contributed by atoms with van der Waals surface area (Å²) in [5.74, 6) is -0.117. The van der Waals surface area contributed by atoms with Crippen molar-refractivity contribution in [3.63, 3.8) is 0 Å². The highest BCUT2D eigenvalue weighted by atomic mass is 16.1. The molecule has 0 aliphatic carbocycles. The van der Waals surface area contributed by atoms with Crippen LogP contribution in [0, 0.1) is 11.3 Å². The number of carbonyl (C=O) groups is 1. The van der Waals surface area contributed by atoms with E-state index in [9.17, 15) is 4.79 Å². The van der Waals surface area contributed by atoms with Crippen molar-refractivity contribution < 1.29 is 4.79 Å². The molecule has 0 saturated carbocycles. The van der Waals surface area contributed by atoms with Crippen LogP contribution < -0.4 is 11.1 Å². The van der Waals surface area contributed by atoms with Crippen LogP contribution in [-0.4, -0.2) is 19.0 Å². The van der Waals surface area contributed by atoms with Gasteiger partial charge in [0.25, 0.3) is 0 Å². The number of primary amides is 1. The number of unbranched alkanes of at least 4 members (excludes halogenated alkanes) is 2. The summed E-state index contributed by atoms with van der Waals surface area (Å²) in [6.45, 7) is 6.07. The van der Waals surface area contributed by atoms with Gasteiger partial charge in [-0.3, -0.25) is 4.79 Å². The molecule has 1 rings (SSSR count). The lowest BCUT2D eigenvalue weighted by Gasteiger charge is -2.28. The van der Waals surface area contributed by atoms with E-state index >= 15 is 0 Å². The molecule has 0 bridgehead atoms. The van der Waals surface area contributed by atoms with Gasteiger partial charge in [0.15, 0.2) is 0 Å². The molecule has 3 nitrogen and oxygen atoms in total. The number of nitrogens with two attached hydrogens (primary N) is 1. The summed E-state index contributed by atoms with van der Waals surface area (Å²) >= 11 is 0. The number of hydrogen-bond acceptors (Lipinski definition) is 2. The van der Waals surface area contributed by atoms with Crippen LogP contribution in [0.3, 0.4) is 0 Å². The molecule has 0 aromatic heterocycles. The lowest BCUT2D eigenvalue weighted by Crippen LogP contribution is -2.36. The Hall–Kier alpha value is -0.570. The Morgan fingerprint density at radius 3 is 2.86 bits per heavy atom. The summed E-state index contributed by atoms with van der Waals surface area (Å²) in [5.41, 5.74) is 5.50. The maximum Gasteiger partial charge on any atom is 0.222 e. The standard InChI is InChI=1S/C11H22N2O/c1-3-4-5-6-11(2)8-13-7-9(11)10(12)14/h9,13H,3-8H2,1-2H3,(H2,12,14). The summed E-state index contributed by atoms with van der Waals surface area (Å²) in [4.78, 5) is 11.2. The van der Waals surface area contributed by atoms with Crippen LogP contribution >= 0.6 is 0 Å². The smallest absolute Gasteiger partial charge is 0.222 e. The average molecular weight is 198 g/mol. The van der Waals surface area contributed by atoms with E-state index in [0.717, 1.165) is 19.5 Å². The highest BCUT2D eigenvalue weighted by molar-refractivity contribution is 5.78. The summed E-state index contributed by atoms with van der Waals surface area (Å²) < 4.78 is 0. The van der Waals surface area contributed by atoms with Gasteiger partial charge in [-0.15, -0.1) is 0 Å². The number of nitrogens with one attached hydrogen (secondary N) is 1. The normalized spacial score (nSPS) is 32.0. The molecule has 1 saturated heterocycles. The van der Waals surface area contributed by atoms with Crippen molar-refractivity contribution in [3.8, 4) is 0 Å². The van der Waals surface area contributed by atoms with Gasteiger partial charge in [-0.05, 0) is 11.8 Å². The lowest BCUT2D eigenvalue weighted by molar-refractivity contribution is -0.124. The first kappa shape index (κ1) is 11.5. The molecule has 1 amide bonds. The number of carbonyl (C=O) groups excluding carboxylic acids is 1. The summed E-state index contributed by atoms with van der Waals surface area (Å²) in [6.07, 6.45) is 4.80. The van der Waals surface area contributed by atoms with E-state index < -0.39 is 0 Å². The Labute approximate surface area is 86.4 Å². The van der Waals surface area contributed by atoms with Crippen LogP contribution in [0.4, 0.5) is 0 Å².